The number of carbonyl (C=O) groups excluding carboxylic acids is 1. The molecule has 72 valence electrons. The van der Waals surface area contributed by atoms with Gasteiger partial charge in [-0.05, 0) is 47.2 Å². The van der Waals surface area contributed by atoms with Gasteiger partial charge in [-0.25, -0.2) is 0 Å². The summed E-state index contributed by atoms with van der Waals surface area (Å²) in [5, 5.41) is 9.14. The molecule has 0 aliphatic carbocycles. The van der Waals surface area contributed by atoms with Crippen LogP contribution >= 0.6 is 38.5 Å². The van der Waals surface area contributed by atoms with Gasteiger partial charge in [0.05, 0.1) is 17.0 Å². The summed E-state index contributed by atoms with van der Waals surface area (Å²) in [6, 6.07) is 5.67. The third-order valence-electron chi connectivity index (χ3n) is 1.91. The molecule has 0 N–H and O–H groups in total. The van der Waals surface area contributed by atoms with E-state index in [2.05, 4.69) is 44.6 Å². The van der Waals surface area contributed by atoms with Gasteiger partial charge >= 0.3 is 0 Å². The van der Waals surface area contributed by atoms with Crippen molar-refractivity contribution < 1.29 is 4.79 Å². The van der Waals surface area contributed by atoms with E-state index in [4.69, 9.17) is 5.26 Å². The molecule has 0 aliphatic heterocycles. The van der Waals surface area contributed by atoms with E-state index >= 15 is 0 Å². The van der Waals surface area contributed by atoms with Crippen LogP contribution in [0.4, 0.5) is 0 Å². The maximum Gasteiger partial charge on any atom is 0.173 e. The van der Waals surface area contributed by atoms with Crippen molar-refractivity contribution in [3.05, 3.63) is 32.4 Å². The van der Waals surface area contributed by atoms with Gasteiger partial charge in [0.1, 0.15) is 0 Å². The molecule has 0 fully saturated rings. The average Bonchev–Trinajstić information content (AvgIpc) is 2.19. The van der Waals surface area contributed by atoms with Crippen molar-refractivity contribution in [1.29, 1.82) is 5.26 Å². The number of ketones is 1. The second-order valence-electron chi connectivity index (χ2n) is 2.79. The van der Waals surface area contributed by atoms with Crippen LogP contribution in [0.15, 0.2) is 12.1 Å². The van der Waals surface area contributed by atoms with E-state index in [1.807, 2.05) is 0 Å². The Kier molecular flexibility index (Phi) is 4.08. The summed E-state index contributed by atoms with van der Waals surface area (Å²) >= 11 is 5.22. The molecule has 0 amide bonds. The van der Waals surface area contributed by atoms with Crippen LogP contribution in [-0.2, 0) is 0 Å². The number of hydrogen-bond acceptors (Lipinski definition) is 2. The standard InChI is InChI=1S/C10H7BrINO/c1-6-7(5-13)2-8(12)3-9(6)10(14)4-11/h2-3H,4H2,1H3. The van der Waals surface area contributed by atoms with Crippen molar-refractivity contribution in [2.24, 2.45) is 0 Å². The normalized spacial score (nSPS) is 9.57. The fourth-order valence-electron chi connectivity index (χ4n) is 1.16. The van der Waals surface area contributed by atoms with E-state index in [1.165, 1.54) is 0 Å². The van der Waals surface area contributed by atoms with Crippen LogP contribution in [0, 0.1) is 21.8 Å². The lowest BCUT2D eigenvalue weighted by Gasteiger charge is -2.05. The van der Waals surface area contributed by atoms with E-state index in [0.29, 0.717) is 16.5 Å². The maximum atomic E-state index is 11.5. The molecule has 0 radical (unpaired) electrons. The van der Waals surface area contributed by atoms with Crippen LogP contribution in [0.2, 0.25) is 0 Å². The molecule has 0 heterocycles. The summed E-state index contributed by atoms with van der Waals surface area (Å²) in [6.45, 7) is 1.80. The Morgan fingerprint density at radius 3 is 2.79 bits per heavy atom. The van der Waals surface area contributed by atoms with Gasteiger partial charge in [-0.1, -0.05) is 15.9 Å². The van der Waals surface area contributed by atoms with E-state index in [-0.39, 0.29) is 5.78 Å². The molecule has 1 rings (SSSR count). The number of halogens is 2. The molecule has 14 heavy (non-hydrogen) atoms. The minimum atomic E-state index is 0.0116. The van der Waals surface area contributed by atoms with E-state index < -0.39 is 0 Å². The van der Waals surface area contributed by atoms with Crippen molar-refractivity contribution >= 4 is 44.3 Å². The van der Waals surface area contributed by atoms with Gasteiger partial charge in [0.25, 0.3) is 0 Å². The molecule has 0 bridgehead atoms. The van der Waals surface area contributed by atoms with Gasteiger partial charge in [0.15, 0.2) is 5.78 Å². The van der Waals surface area contributed by atoms with Gasteiger partial charge in [-0.3, -0.25) is 4.79 Å². The largest absolute Gasteiger partial charge is 0.293 e. The fourth-order valence-corrected chi connectivity index (χ4v) is 2.08. The van der Waals surface area contributed by atoms with Crippen LogP contribution in [0.1, 0.15) is 21.5 Å². The molecule has 2 nitrogen and oxygen atoms in total. The second-order valence-corrected chi connectivity index (χ2v) is 4.60. The Hall–Kier alpha value is -0.410. The Morgan fingerprint density at radius 2 is 2.29 bits per heavy atom. The first-order valence-electron chi connectivity index (χ1n) is 3.89. The van der Waals surface area contributed by atoms with Crippen LogP contribution in [0.25, 0.3) is 0 Å². The fraction of sp³-hybridized carbons (Fsp3) is 0.200. The first-order chi connectivity index (χ1) is 6.60. The zero-order chi connectivity index (χ0) is 10.7. The van der Waals surface area contributed by atoms with Crippen molar-refractivity contribution in [2.45, 2.75) is 6.92 Å². The molecular formula is C10H7BrINO. The van der Waals surface area contributed by atoms with Crippen molar-refractivity contribution in [1.82, 2.24) is 0 Å². The highest BCUT2D eigenvalue weighted by atomic mass is 127. The van der Waals surface area contributed by atoms with Crippen LogP contribution in [0.3, 0.4) is 0 Å². The molecular weight excluding hydrogens is 357 g/mol. The molecule has 0 spiro atoms. The highest BCUT2D eigenvalue weighted by Crippen LogP contribution is 2.19. The lowest BCUT2D eigenvalue weighted by atomic mass is 10.0. The number of hydrogen-bond donors (Lipinski definition) is 0. The highest BCUT2D eigenvalue weighted by Gasteiger charge is 2.11. The molecule has 0 saturated carbocycles. The second kappa shape index (κ2) is 4.89. The Balaban J connectivity index is 3.38. The third kappa shape index (κ3) is 2.34. The van der Waals surface area contributed by atoms with E-state index in [9.17, 15) is 4.79 Å². The average molecular weight is 364 g/mol. The predicted octanol–water partition coefficient (Wildman–Crippen LogP) is 3.05. The Labute approximate surface area is 105 Å². The number of rotatable bonds is 2. The lowest BCUT2D eigenvalue weighted by molar-refractivity contribution is 0.102. The first kappa shape index (κ1) is 11.7. The van der Waals surface area contributed by atoms with Crippen LogP contribution in [-0.4, -0.2) is 11.1 Å². The van der Waals surface area contributed by atoms with Crippen molar-refractivity contribution in [3.63, 3.8) is 0 Å². The van der Waals surface area contributed by atoms with Crippen molar-refractivity contribution in [3.8, 4) is 6.07 Å². The first-order valence-corrected chi connectivity index (χ1v) is 6.09. The number of nitriles is 1. The zero-order valence-corrected chi connectivity index (χ0v) is 11.2. The quantitative estimate of drug-likeness (QED) is 0.460. The molecule has 0 aliphatic rings. The molecule has 1 aromatic rings. The summed E-state index contributed by atoms with van der Waals surface area (Å²) in [5.41, 5.74) is 1.96. The topological polar surface area (TPSA) is 40.9 Å². The lowest BCUT2D eigenvalue weighted by Crippen LogP contribution is -2.04. The number of alkyl halides is 1. The minimum Gasteiger partial charge on any atom is -0.293 e. The monoisotopic (exact) mass is 363 g/mol. The number of benzene rings is 1. The molecule has 0 unspecified atom stereocenters. The van der Waals surface area contributed by atoms with Crippen LogP contribution in [0.5, 0.6) is 0 Å². The summed E-state index contributed by atoms with van der Waals surface area (Å²) < 4.78 is 0.911. The molecule has 0 saturated heterocycles. The highest BCUT2D eigenvalue weighted by molar-refractivity contribution is 14.1. The predicted molar refractivity (Wildman–Crippen MR) is 66.7 cm³/mol. The zero-order valence-electron chi connectivity index (χ0n) is 7.47. The molecule has 0 atom stereocenters. The molecule has 4 heteroatoms. The van der Waals surface area contributed by atoms with Gasteiger partial charge < -0.3 is 0 Å². The summed E-state index contributed by atoms with van der Waals surface area (Å²) in [6.07, 6.45) is 0. The smallest absolute Gasteiger partial charge is 0.173 e. The summed E-state index contributed by atoms with van der Waals surface area (Å²) in [4.78, 5) is 11.5. The van der Waals surface area contributed by atoms with Gasteiger partial charge in [0.2, 0.25) is 0 Å². The molecule has 0 aromatic heterocycles. The SMILES string of the molecule is Cc1c(C#N)cc(I)cc1C(=O)CBr. The van der Waals surface area contributed by atoms with Crippen LogP contribution < -0.4 is 0 Å². The maximum absolute atomic E-state index is 11.5. The Morgan fingerprint density at radius 1 is 1.64 bits per heavy atom. The number of carbonyl (C=O) groups is 1. The summed E-state index contributed by atoms with van der Waals surface area (Å²) in [5.74, 6) is 0.0116. The minimum absolute atomic E-state index is 0.0116. The summed E-state index contributed by atoms with van der Waals surface area (Å²) in [7, 11) is 0. The van der Waals surface area contributed by atoms with E-state index in [0.717, 1.165) is 9.13 Å². The van der Waals surface area contributed by atoms with Crippen molar-refractivity contribution in [2.75, 3.05) is 5.33 Å². The van der Waals surface area contributed by atoms with E-state index in [1.54, 1.807) is 19.1 Å². The molecule has 1 aromatic carbocycles. The van der Waals surface area contributed by atoms with Gasteiger partial charge in [0, 0.05) is 9.13 Å². The van der Waals surface area contributed by atoms with Gasteiger partial charge in [-0.2, -0.15) is 5.26 Å². The Bertz CT molecular complexity index is 423. The van der Waals surface area contributed by atoms with Gasteiger partial charge in [-0.15, -0.1) is 0 Å². The third-order valence-corrected chi connectivity index (χ3v) is 3.05. The number of nitrogens with zero attached hydrogens (tertiary/aromatic N) is 1. The number of Topliss-reactive ketones (excluding diaryl/α,β-unsaturated/α-hetero) is 1.